The second-order valence-corrected chi connectivity index (χ2v) is 5.42. The first-order chi connectivity index (χ1) is 10.5. The van der Waals surface area contributed by atoms with E-state index >= 15 is 0 Å². The third-order valence-electron chi connectivity index (χ3n) is 3.62. The van der Waals surface area contributed by atoms with E-state index in [1.54, 1.807) is 4.90 Å². The number of nitrogens with one attached hydrogen (secondary N) is 2. The van der Waals surface area contributed by atoms with Crippen LogP contribution in [0.2, 0.25) is 0 Å². The van der Waals surface area contributed by atoms with Crippen molar-refractivity contribution >= 4 is 23.3 Å². The van der Waals surface area contributed by atoms with E-state index in [1.807, 2.05) is 31.2 Å². The van der Waals surface area contributed by atoms with Crippen molar-refractivity contribution in [2.45, 2.75) is 19.4 Å². The molecule has 4 N–H and O–H groups in total. The minimum Gasteiger partial charge on any atom is -0.382 e. The number of rotatable bonds is 3. The number of nitrogens with two attached hydrogens (primary N) is 1. The topological polar surface area (TPSA) is 104 Å². The normalized spacial score (nSPS) is 17.8. The van der Waals surface area contributed by atoms with Crippen LogP contribution in [0.25, 0.3) is 0 Å². The highest BCUT2D eigenvalue weighted by atomic mass is 16.2. The fourth-order valence-corrected chi connectivity index (χ4v) is 2.57. The van der Waals surface area contributed by atoms with Crippen LogP contribution in [-0.4, -0.2) is 34.6 Å². The van der Waals surface area contributed by atoms with E-state index in [4.69, 9.17) is 5.73 Å². The van der Waals surface area contributed by atoms with Crippen LogP contribution in [0, 0.1) is 6.92 Å². The number of aromatic nitrogens is 2. The first kappa shape index (κ1) is 14.1. The summed E-state index contributed by atoms with van der Waals surface area (Å²) < 4.78 is 0. The molecule has 7 nitrogen and oxygen atoms in total. The minimum absolute atomic E-state index is 0.0000228. The van der Waals surface area contributed by atoms with Gasteiger partial charge >= 0.3 is 0 Å². The van der Waals surface area contributed by atoms with Crippen LogP contribution in [0.1, 0.15) is 22.5 Å². The summed E-state index contributed by atoms with van der Waals surface area (Å²) >= 11 is 0. The molecule has 22 heavy (non-hydrogen) atoms. The zero-order chi connectivity index (χ0) is 15.7. The molecular formula is C15H17N5O2. The average Bonchev–Trinajstić information content (AvgIpc) is 3.05. The Morgan fingerprint density at radius 3 is 2.95 bits per heavy atom. The molecule has 114 valence electrons. The zero-order valence-corrected chi connectivity index (χ0v) is 12.2. The summed E-state index contributed by atoms with van der Waals surface area (Å²) in [5.41, 5.74) is 7.71. The fraction of sp³-hybridized carbons (Fsp3) is 0.267. The molecule has 7 heteroatoms. The smallest absolute Gasteiger partial charge is 0.269 e. The summed E-state index contributed by atoms with van der Waals surface area (Å²) in [7, 11) is 0. The molecule has 2 aromatic rings. The molecule has 1 saturated heterocycles. The van der Waals surface area contributed by atoms with Gasteiger partial charge < -0.3 is 16.0 Å². The Balaban J connectivity index is 1.68. The van der Waals surface area contributed by atoms with E-state index < -0.39 is 0 Å². The molecule has 2 amide bonds. The van der Waals surface area contributed by atoms with Crippen molar-refractivity contribution in [3.63, 3.8) is 0 Å². The molecule has 1 atom stereocenters. The van der Waals surface area contributed by atoms with E-state index in [0.717, 1.165) is 11.3 Å². The molecule has 0 radical (unpaired) electrons. The highest BCUT2D eigenvalue weighted by Gasteiger charge is 2.32. The molecule has 0 spiro atoms. The Bertz CT molecular complexity index is 724. The second-order valence-electron chi connectivity index (χ2n) is 5.42. The number of anilines is 2. The van der Waals surface area contributed by atoms with Crippen LogP contribution in [0.3, 0.4) is 0 Å². The molecule has 1 aliphatic heterocycles. The largest absolute Gasteiger partial charge is 0.382 e. The third kappa shape index (κ3) is 2.78. The summed E-state index contributed by atoms with van der Waals surface area (Å²) in [6, 6.07) is 8.97. The molecule has 0 aliphatic carbocycles. The number of carbonyl (C=O) groups is 2. The van der Waals surface area contributed by atoms with Gasteiger partial charge in [0.25, 0.3) is 5.91 Å². The standard InChI is InChI=1S/C15H17N5O2/c1-9-3-2-4-11(5-9)20-8-10(6-14(20)21)17-15(22)12-7-13(16)19-18-12/h2-5,7,10H,6,8H2,1H3,(H,17,22)(H3,16,18,19)/t10-/m1/s1. The highest BCUT2D eigenvalue weighted by molar-refractivity contribution is 5.98. The Hall–Kier alpha value is -2.83. The first-order valence-electron chi connectivity index (χ1n) is 7.02. The Morgan fingerprint density at radius 2 is 2.27 bits per heavy atom. The van der Waals surface area contributed by atoms with Crippen molar-refractivity contribution in [1.29, 1.82) is 0 Å². The Labute approximate surface area is 127 Å². The van der Waals surface area contributed by atoms with Gasteiger partial charge in [-0.2, -0.15) is 5.10 Å². The van der Waals surface area contributed by atoms with Crippen LogP contribution in [0.4, 0.5) is 11.5 Å². The maximum absolute atomic E-state index is 12.2. The predicted octanol–water partition coefficient (Wildman–Crippen LogP) is 0.836. The van der Waals surface area contributed by atoms with Gasteiger partial charge in [0.2, 0.25) is 5.91 Å². The van der Waals surface area contributed by atoms with Crippen molar-refractivity contribution in [2.24, 2.45) is 0 Å². The quantitative estimate of drug-likeness (QED) is 0.781. The molecule has 1 aromatic carbocycles. The van der Waals surface area contributed by atoms with Crippen molar-refractivity contribution in [2.75, 3.05) is 17.2 Å². The Kier molecular flexibility index (Phi) is 3.54. The van der Waals surface area contributed by atoms with Crippen LogP contribution < -0.4 is 16.0 Å². The van der Waals surface area contributed by atoms with E-state index in [9.17, 15) is 9.59 Å². The molecular weight excluding hydrogens is 282 g/mol. The first-order valence-corrected chi connectivity index (χ1v) is 7.02. The van der Waals surface area contributed by atoms with Gasteiger partial charge in [0.05, 0.1) is 6.04 Å². The number of aromatic amines is 1. The lowest BCUT2D eigenvalue weighted by Gasteiger charge is -2.17. The highest BCUT2D eigenvalue weighted by Crippen LogP contribution is 2.22. The van der Waals surface area contributed by atoms with E-state index in [0.29, 0.717) is 12.2 Å². The number of hydrogen-bond donors (Lipinski definition) is 3. The predicted molar refractivity (Wildman–Crippen MR) is 82.4 cm³/mol. The summed E-state index contributed by atoms with van der Waals surface area (Å²) in [5.74, 6) is -0.0536. The molecule has 0 unspecified atom stereocenters. The molecule has 3 rings (SSSR count). The van der Waals surface area contributed by atoms with Crippen molar-refractivity contribution in [3.8, 4) is 0 Å². The number of nitrogens with zero attached hydrogens (tertiary/aromatic N) is 2. The minimum atomic E-state index is -0.312. The number of benzene rings is 1. The Morgan fingerprint density at radius 1 is 1.45 bits per heavy atom. The van der Waals surface area contributed by atoms with Crippen molar-refractivity contribution in [3.05, 3.63) is 41.6 Å². The summed E-state index contributed by atoms with van der Waals surface area (Å²) in [5, 5.41) is 9.09. The van der Waals surface area contributed by atoms with Gasteiger partial charge in [-0.1, -0.05) is 12.1 Å². The van der Waals surface area contributed by atoms with E-state index in [-0.39, 0.29) is 30.1 Å². The molecule has 0 saturated carbocycles. The van der Waals surface area contributed by atoms with Gasteiger partial charge in [-0.3, -0.25) is 14.7 Å². The van der Waals surface area contributed by atoms with E-state index in [2.05, 4.69) is 15.5 Å². The lowest BCUT2D eigenvalue weighted by atomic mass is 10.2. The second kappa shape index (κ2) is 5.51. The lowest BCUT2D eigenvalue weighted by molar-refractivity contribution is -0.117. The van der Waals surface area contributed by atoms with Crippen LogP contribution >= 0.6 is 0 Å². The summed E-state index contributed by atoms with van der Waals surface area (Å²) in [4.78, 5) is 25.9. The molecule has 2 heterocycles. The molecule has 1 fully saturated rings. The van der Waals surface area contributed by atoms with Gasteiger partial charge in [-0.25, -0.2) is 0 Å². The van der Waals surface area contributed by atoms with Gasteiger partial charge in [0, 0.05) is 24.7 Å². The van der Waals surface area contributed by atoms with Crippen molar-refractivity contribution < 1.29 is 9.59 Å². The maximum atomic E-state index is 12.2. The monoisotopic (exact) mass is 299 g/mol. The van der Waals surface area contributed by atoms with Gasteiger partial charge in [-0.05, 0) is 24.6 Å². The molecule has 1 aliphatic rings. The fourth-order valence-electron chi connectivity index (χ4n) is 2.57. The SMILES string of the molecule is Cc1cccc(N2C[C@H](NC(=O)c3cc(N)n[nH]3)CC2=O)c1. The molecule has 0 bridgehead atoms. The molecule has 1 aromatic heterocycles. The van der Waals surface area contributed by atoms with Gasteiger partial charge in [-0.15, -0.1) is 0 Å². The van der Waals surface area contributed by atoms with Crippen LogP contribution in [-0.2, 0) is 4.79 Å². The lowest BCUT2D eigenvalue weighted by Crippen LogP contribution is -2.37. The summed E-state index contributed by atoms with van der Waals surface area (Å²) in [6.45, 7) is 2.43. The number of amides is 2. The average molecular weight is 299 g/mol. The maximum Gasteiger partial charge on any atom is 0.269 e. The van der Waals surface area contributed by atoms with Crippen LogP contribution in [0.5, 0.6) is 0 Å². The number of nitrogen functional groups attached to an aromatic ring is 1. The third-order valence-corrected chi connectivity index (χ3v) is 3.62. The summed E-state index contributed by atoms with van der Waals surface area (Å²) in [6.07, 6.45) is 0.281. The number of H-pyrrole nitrogens is 1. The number of carbonyl (C=O) groups excluding carboxylic acids is 2. The van der Waals surface area contributed by atoms with E-state index in [1.165, 1.54) is 6.07 Å². The zero-order valence-electron chi connectivity index (χ0n) is 12.2. The van der Waals surface area contributed by atoms with Gasteiger partial charge in [0.1, 0.15) is 11.5 Å². The van der Waals surface area contributed by atoms with Gasteiger partial charge in [0.15, 0.2) is 0 Å². The van der Waals surface area contributed by atoms with Crippen LogP contribution in [0.15, 0.2) is 30.3 Å². The number of aryl methyl sites for hydroxylation is 1. The van der Waals surface area contributed by atoms with Crippen molar-refractivity contribution in [1.82, 2.24) is 15.5 Å². The number of hydrogen-bond acceptors (Lipinski definition) is 4.